The molecule has 1 heterocycles. The summed E-state index contributed by atoms with van der Waals surface area (Å²) in [7, 11) is 0. The van der Waals surface area contributed by atoms with Crippen LogP contribution >= 0.6 is 0 Å². The zero-order chi connectivity index (χ0) is 18.4. The van der Waals surface area contributed by atoms with Gasteiger partial charge in [0, 0.05) is 17.3 Å². The van der Waals surface area contributed by atoms with E-state index in [0.29, 0.717) is 11.1 Å². The lowest BCUT2D eigenvalue weighted by Gasteiger charge is -2.02. The number of nitriles is 1. The van der Waals surface area contributed by atoms with Crippen LogP contribution in [0.5, 0.6) is 0 Å². The van der Waals surface area contributed by atoms with Gasteiger partial charge in [0.05, 0.1) is 11.9 Å². The van der Waals surface area contributed by atoms with Crippen LogP contribution in [0.25, 0.3) is 11.8 Å². The average molecular weight is 341 g/mol. The summed E-state index contributed by atoms with van der Waals surface area (Å²) in [5.41, 5.74) is 3.44. The summed E-state index contributed by atoms with van der Waals surface area (Å²) in [4.78, 5) is 12.6. The number of aryl methyl sites for hydroxylation is 1. The number of carbonyl (C=O) groups excluding carboxylic acids is 1. The minimum absolute atomic E-state index is 0.0980. The van der Waals surface area contributed by atoms with Crippen molar-refractivity contribution in [3.05, 3.63) is 89.3 Å². The molecular weight excluding hydrogens is 322 g/mol. The summed E-state index contributed by atoms with van der Waals surface area (Å²) in [5.74, 6) is -0.275. The molecule has 26 heavy (non-hydrogen) atoms. The molecule has 0 N–H and O–H groups in total. The second-order valence-electron chi connectivity index (χ2n) is 6.00. The van der Waals surface area contributed by atoms with E-state index in [1.54, 1.807) is 35.3 Å². The van der Waals surface area contributed by atoms with Crippen molar-refractivity contribution < 1.29 is 4.79 Å². The van der Waals surface area contributed by atoms with Crippen molar-refractivity contribution >= 4 is 11.9 Å². The van der Waals surface area contributed by atoms with Gasteiger partial charge in [-0.05, 0) is 30.2 Å². The third-order valence-corrected chi connectivity index (χ3v) is 4.05. The summed E-state index contributed by atoms with van der Waals surface area (Å²) in [6.07, 6.45) is 7.05. The molecule has 0 spiro atoms. The molecule has 0 amide bonds. The minimum Gasteiger partial charge on any atom is -0.288 e. The molecule has 3 rings (SSSR count). The van der Waals surface area contributed by atoms with Gasteiger partial charge in [-0.15, -0.1) is 0 Å². The molecule has 0 atom stereocenters. The molecule has 0 unspecified atom stereocenters. The number of rotatable bonds is 6. The van der Waals surface area contributed by atoms with E-state index in [1.807, 2.05) is 48.5 Å². The molecule has 0 aliphatic rings. The predicted molar refractivity (Wildman–Crippen MR) is 102 cm³/mol. The maximum atomic E-state index is 12.6. The highest BCUT2D eigenvalue weighted by Crippen LogP contribution is 2.15. The van der Waals surface area contributed by atoms with Crippen molar-refractivity contribution in [3.63, 3.8) is 0 Å². The van der Waals surface area contributed by atoms with Crippen LogP contribution in [0, 0.1) is 11.3 Å². The first-order chi connectivity index (χ1) is 12.7. The van der Waals surface area contributed by atoms with Crippen LogP contribution < -0.4 is 0 Å². The Hall–Kier alpha value is -3.45. The lowest BCUT2D eigenvalue weighted by atomic mass is 10.0. The molecule has 128 valence electrons. The molecule has 0 saturated carbocycles. The van der Waals surface area contributed by atoms with Gasteiger partial charge in [-0.2, -0.15) is 10.4 Å². The number of carbonyl (C=O) groups is 1. The maximum Gasteiger partial charge on any atom is 0.203 e. The highest BCUT2D eigenvalue weighted by atomic mass is 16.1. The molecule has 0 fully saturated rings. The SMILES string of the molecule is CCCc1ccc(C(=O)/C(C#N)=C/c2cnn(-c3ccccc3)c2)cc1. The molecule has 0 bridgehead atoms. The number of allylic oxidation sites excluding steroid dienone is 1. The summed E-state index contributed by atoms with van der Waals surface area (Å²) >= 11 is 0. The van der Waals surface area contributed by atoms with Crippen LogP contribution in [0.2, 0.25) is 0 Å². The molecule has 0 saturated heterocycles. The first-order valence-corrected chi connectivity index (χ1v) is 8.57. The Labute approximate surface area is 153 Å². The molecular formula is C22H19N3O. The Kier molecular flexibility index (Phi) is 5.40. The van der Waals surface area contributed by atoms with E-state index in [-0.39, 0.29) is 11.4 Å². The van der Waals surface area contributed by atoms with Crippen molar-refractivity contribution in [3.8, 4) is 11.8 Å². The molecule has 0 aliphatic carbocycles. The third kappa shape index (κ3) is 3.96. The normalized spacial score (nSPS) is 11.2. The third-order valence-electron chi connectivity index (χ3n) is 4.05. The Morgan fingerprint density at radius 2 is 1.88 bits per heavy atom. The lowest BCUT2D eigenvalue weighted by molar-refractivity contribution is 0.104. The van der Waals surface area contributed by atoms with E-state index in [1.165, 1.54) is 5.56 Å². The topological polar surface area (TPSA) is 58.7 Å². The molecule has 4 heteroatoms. The number of ketones is 1. The Morgan fingerprint density at radius 3 is 2.54 bits per heavy atom. The fourth-order valence-corrected chi connectivity index (χ4v) is 2.72. The van der Waals surface area contributed by atoms with Crippen molar-refractivity contribution in [2.45, 2.75) is 19.8 Å². The van der Waals surface area contributed by atoms with Gasteiger partial charge in [-0.1, -0.05) is 55.8 Å². The van der Waals surface area contributed by atoms with E-state index >= 15 is 0 Å². The molecule has 0 radical (unpaired) electrons. The van der Waals surface area contributed by atoms with Gasteiger partial charge in [0.25, 0.3) is 0 Å². The van der Waals surface area contributed by atoms with Crippen molar-refractivity contribution in [2.75, 3.05) is 0 Å². The van der Waals surface area contributed by atoms with Crippen LogP contribution in [-0.2, 0) is 6.42 Å². The number of aromatic nitrogens is 2. The van der Waals surface area contributed by atoms with Gasteiger partial charge in [0.1, 0.15) is 11.6 Å². The van der Waals surface area contributed by atoms with Crippen molar-refractivity contribution in [1.29, 1.82) is 5.26 Å². The highest BCUT2D eigenvalue weighted by Gasteiger charge is 2.12. The zero-order valence-corrected chi connectivity index (χ0v) is 14.6. The summed E-state index contributed by atoms with van der Waals surface area (Å²) in [5, 5.41) is 13.7. The number of hydrogen-bond acceptors (Lipinski definition) is 3. The molecule has 0 aliphatic heterocycles. The van der Waals surface area contributed by atoms with Crippen molar-refractivity contribution in [2.24, 2.45) is 0 Å². The highest BCUT2D eigenvalue weighted by molar-refractivity contribution is 6.14. The van der Waals surface area contributed by atoms with Gasteiger partial charge >= 0.3 is 0 Å². The number of hydrogen-bond donors (Lipinski definition) is 0. The van der Waals surface area contributed by atoms with Crippen LogP contribution in [0.15, 0.2) is 72.6 Å². The quantitative estimate of drug-likeness (QED) is 0.373. The number of para-hydroxylation sites is 1. The van der Waals surface area contributed by atoms with E-state index in [4.69, 9.17) is 0 Å². The lowest BCUT2D eigenvalue weighted by Crippen LogP contribution is -2.02. The Bertz CT molecular complexity index is 961. The summed E-state index contributed by atoms with van der Waals surface area (Å²) in [6, 6.07) is 19.1. The van der Waals surface area contributed by atoms with E-state index < -0.39 is 0 Å². The zero-order valence-electron chi connectivity index (χ0n) is 14.6. The summed E-state index contributed by atoms with van der Waals surface area (Å²) in [6.45, 7) is 2.12. The van der Waals surface area contributed by atoms with Crippen LogP contribution in [0.3, 0.4) is 0 Å². The maximum absolute atomic E-state index is 12.6. The van der Waals surface area contributed by atoms with Crippen LogP contribution in [-0.4, -0.2) is 15.6 Å². The monoisotopic (exact) mass is 341 g/mol. The molecule has 3 aromatic rings. The fourth-order valence-electron chi connectivity index (χ4n) is 2.72. The predicted octanol–water partition coefficient (Wildman–Crippen LogP) is 4.61. The smallest absolute Gasteiger partial charge is 0.203 e. The van der Waals surface area contributed by atoms with Gasteiger partial charge in [-0.25, -0.2) is 4.68 Å². The first-order valence-electron chi connectivity index (χ1n) is 8.57. The van der Waals surface area contributed by atoms with Gasteiger partial charge in [0.2, 0.25) is 5.78 Å². The van der Waals surface area contributed by atoms with E-state index in [9.17, 15) is 10.1 Å². The number of nitrogens with zero attached hydrogens (tertiary/aromatic N) is 3. The van der Waals surface area contributed by atoms with Gasteiger partial charge < -0.3 is 0 Å². The molecule has 4 nitrogen and oxygen atoms in total. The van der Waals surface area contributed by atoms with Gasteiger partial charge in [0.15, 0.2) is 0 Å². The second-order valence-corrected chi connectivity index (χ2v) is 6.00. The van der Waals surface area contributed by atoms with Crippen LogP contribution in [0.4, 0.5) is 0 Å². The fraction of sp³-hybridized carbons (Fsp3) is 0.136. The summed E-state index contributed by atoms with van der Waals surface area (Å²) < 4.78 is 1.71. The van der Waals surface area contributed by atoms with Crippen LogP contribution in [0.1, 0.15) is 34.8 Å². The van der Waals surface area contributed by atoms with Crippen molar-refractivity contribution in [1.82, 2.24) is 9.78 Å². The Morgan fingerprint density at radius 1 is 1.15 bits per heavy atom. The first kappa shape index (κ1) is 17.4. The minimum atomic E-state index is -0.275. The van der Waals surface area contributed by atoms with Gasteiger partial charge in [-0.3, -0.25) is 4.79 Å². The molecule has 2 aromatic carbocycles. The standard InChI is InChI=1S/C22H19N3O/c1-2-6-17-9-11-19(12-10-17)22(26)20(14-23)13-18-15-24-25(16-18)21-7-4-3-5-8-21/h3-5,7-13,15-16H,2,6H2,1H3/b20-13+. The Balaban J connectivity index is 1.83. The van der Waals surface area contributed by atoms with E-state index in [2.05, 4.69) is 12.0 Å². The molecule has 1 aromatic heterocycles. The number of Topliss-reactive ketones (excluding diaryl/α,β-unsaturated/α-hetero) is 1. The average Bonchev–Trinajstić information content (AvgIpc) is 3.16. The van der Waals surface area contributed by atoms with E-state index in [0.717, 1.165) is 18.5 Å². The number of benzene rings is 2. The second kappa shape index (κ2) is 8.09. The largest absolute Gasteiger partial charge is 0.288 e.